The van der Waals surface area contributed by atoms with Gasteiger partial charge in [-0.2, -0.15) is 0 Å². The van der Waals surface area contributed by atoms with Gasteiger partial charge in [-0.15, -0.1) is 11.3 Å². The first kappa shape index (κ1) is 14.1. The van der Waals surface area contributed by atoms with Crippen molar-refractivity contribution >= 4 is 29.5 Å². The van der Waals surface area contributed by atoms with Crippen LogP contribution in [0.2, 0.25) is 0 Å². The first-order valence-electron chi connectivity index (χ1n) is 5.93. The van der Waals surface area contributed by atoms with E-state index < -0.39 is 5.97 Å². The van der Waals surface area contributed by atoms with Crippen molar-refractivity contribution in [1.29, 1.82) is 0 Å². The summed E-state index contributed by atoms with van der Waals surface area (Å²) in [6.07, 6.45) is 4.83. The number of rotatable bonds is 5. The third-order valence-corrected chi connectivity index (χ3v) is 3.39. The molecule has 0 aliphatic carbocycles. The molecule has 104 valence electrons. The van der Waals surface area contributed by atoms with Crippen LogP contribution in [0.25, 0.3) is 12.2 Å². The van der Waals surface area contributed by atoms with Crippen molar-refractivity contribution in [1.82, 2.24) is 4.98 Å². The number of carbonyl (C=O) groups is 1. The molecular formula is C14H13NO4S. The van der Waals surface area contributed by atoms with Crippen LogP contribution in [0.1, 0.15) is 27.2 Å². The molecule has 0 bridgehead atoms. The molecule has 0 saturated carbocycles. The summed E-state index contributed by atoms with van der Waals surface area (Å²) in [4.78, 5) is 14.9. The summed E-state index contributed by atoms with van der Waals surface area (Å²) in [5.74, 6) is -0.475. The molecule has 2 N–H and O–H groups in total. The molecule has 0 fully saturated rings. The van der Waals surface area contributed by atoms with Crippen LogP contribution in [0.4, 0.5) is 0 Å². The highest BCUT2D eigenvalue weighted by molar-refractivity contribution is 7.14. The van der Waals surface area contributed by atoms with Crippen LogP contribution in [0.3, 0.4) is 0 Å². The van der Waals surface area contributed by atoms with Gasteiger partial charge in [-0.05, 0) is 30.7 Å². The van der Waals surface area contributed by atoms with E-state index in [4.69, 9.17) is 9.84 Å². The molecule has 6 heteroatoms. The van der Waals surface area contributed by atoms with E-state index >= 15 is 0 Å². The average molecular weight is 291 g/mol. The maximum Gasteiger partial charge on any atom is 0.347 e. The lowest BCUT2D eigenvalue weighted by molar-refractivity contribution is 0.0702. The molecule has 1 heterocycles. The van der Waals surface area contributed by atoms with Crippen molar-refractivity contribution in [3.05, 3.63) is 39.8 Å². The maximum atomic E-state index is 10.7. The molecule has 0 radical (unpaired) electrons. The molecular weight excluding hydrogens is 278 g/mol. The summed E-state index contributed by atoms with van der Waals surface area (Å²) < 4.78 is 5.29. The van der Waals surface area contributed by atoms with Crippen molar-refractivity contribution in [2.24, 2.45) is 0 Å². The molecule has 1 aromatic heterocycles. The zero-order valence-corrected chi connectivity index (χ0v) is 11.6. The number of ether oxygens (including phenoxy) is 1. The van der Waals surface area contributed by atoms with Gasteiger partial charge in [0, 0.05) is 0 Å². The average Bonchev–Trinajstić information content (AvgIpc) is 2.89. The fourth-order valence-corrected chi connectivity index (χ4v) is 2.20. The number of carboxylic acid groups (broad SMARTS) is 1. The zero-order chi connectivity index (χ0) is 14.5. The van der Waals surface area contributed by atoms with Gasteiger partial charge >= 0.3 is 5.97 Å². The first-order valence-corrected chi connectivity index (χ1v) is 6.75. The molecule has 0 atom stereocenters. The topological polar surface area (TPSA) is 79.7 Å². The van der Waals surface area contributed by atoms with Crippen LogP contribution >= 0.6 is 11.3 Å². The minimum Gasteiger partial charge on any atom is -0.504 e. The predicted octanol–water partition coefficient (Wildman–Crippen LogP) is 3.12. The quantitative estimate of drug-likeness (QED) is 0.884. The summed E-state index contributed by atoms with van der Waals surface area (Å²) >= 11 is 1.10. The summed E-state index contributed by atoms with van der Waals surface area (Å²) in [6.45, 7) is 2.31. The number of thiazole rings is 1. The summed E-state index contributed by atoms with van der Waals surface area (Å²) in [5, 5.41) is 19.0. The Labute approximate surface area is 119 Å². The Morgan fingerprint density at radius 2 is 2.25 bits per heavy atom. The number of aromatic carboxylic acids is 1. The largest absolute Gasteiger partial charge is 0.504 e. The molecule has 20 heavy (non-hydrogen) atoms. The normalized spacial score (nSPS) is 10.8. The van der Waals surface area contributed by atoms with Gasteiger partial charge in [-0.25, -0.2) is 9.78 Å². The molecule has 5 nitrogen and oxygen atoms in total. The monoisotopic (exact) mass is 291 g/mol. The number of carboxylic acids is 1. The second-order valence-electron chi connectivity index (χ2n) is 3.86. The Hall–Kier alpha value is -2.34. The number of phenolic OH excluding ortho intramolecular Hbond substituents is 1. The van der Waals surface area contributed by atoms with Crippen molar-refractivity contribution in [2.75, 3.05) is 6.61 Å². The first-order chi connectivity index (χ1) is 9.60. The van der Waals surface area contributed by atoms with Crippen LogP contribution in [-0.4, -0.2) is 27.8 Å². The minimum absolute atomic E-state index is 0.0893. The smallest absolute Gasteiger partial charge is 0.347 e. The molecule has 2 aromatic rings. The summed E-state index contributed by atoms with van der Waals surface area (Å²) in [6, 6.07) is 5.00. The molecule has 2 rings (SSSR count). The number of hydrogen-bond donors (Lipinski definition) is 2. The fraction of sp³-hybridized carbons (Fsp3) is 0.143. The standard InChI is InChI=1S/C14H13NO4S/c1-2-19-11-7-9(3-5-10(11)16)4-6-13-15-8-12(20-13)14(17)18/h3-8,16H,2H2,1H3,(H,17,18)/b6-4+. The molecule has 0 amide bonds. The lowest BCUT2D eigenvalue weighted by atomic mass is 10.2. The van der Waals surface area contributed by atoms with Gasteiger partial charge in [0.25, 0.3) is 0 Å². The molecule has 0 spiro atoms. The van der Waals surface area contributed by atoms with E-state index in [-0.39, 0.29) is 10.6 Å². The number of aromatic nitrogens is 1. The summed E-state index contributed by atoms with van der Waals surface area (Å²) in [5.41, 5.74) is 0.832. The highest BCUT2D eigenvalue weighted by atomic mass is 32.1. The fourth-order valence-electron chi connectivity index (χ4n) is 1.54. The minimum atomic E-state index is -0.981. The van der Waals surface area contributed by atoms with Crippen LogP contribution in [-0.2, 0) is 0 Å². The predicted molar refractivity (Wildman–Crippen MR) is 77.3 cm³/mol. The van der Waals surface area contributed by atoms with Crippen molar-refractivity contribution in [3.63, 3.8) is 0 Å². The molecule has 0 aliphatic rings. The highest BCUT2D eigenvalue weighted by Crippen LogP contribution is 2.27. The number of benzene rings is 1. The van der Waals surface area contributed by atoms with Crippen molar-refractivity contribution in [3.8, 4) is 11.5 Å². The van der Waals surface area contributed by atoms with Gasteiger partial charge in [0.05, 0.1) is 12.8 Å². The van der Waals surface area contributed by atoms with E-state index in [0.29, 0.717) is 17.4 Å². The lowest BCUT2D eigenvalue weighted by Crippen LogP contribution is -1.91. The highest BCUT2D eigenvalue weighted by Gasteiger charge is 2.06. The molecule has 0 unspecified atom stereocenters. The zero-order valence-electron chi connectivity index (χ0n) is 10.7. The van der Waals surface area contributed by atoms with E-state index in [1.807, 2.05) is 6.92 Å². The van der Waals surface area contributed by atoms with E-state index in [9.17, 15) is 9.90 Å². The Morgan fingerprint density at radius 1 is 1.45 bits per heavy atom. The maximum absolute atomic E-state index is 10.7. The van der Waals surface area contributed by atoms with Gasteiger partial charge in [-0.1, -0.05) is 12.1 Å². The van der Waals surface area contributed by atoms with Crippen molar-refractivity contribution in [2.45, 2.75) is 6.92 Å². The number of nitrogens with zero attached hydrogens (tertiary/aromatic N) is 1. The Bertz CT molecular complexity index is 648. The third kappa shape index (κ3) is 3.36. The van der Waals surface area contributed by atoms with Crippen molar-refractivity contribution < 1.29 is 19.7 Å². The molecule has 0 saturated heterocycles. The SMILES string of the molecule is CCOc1cc(/C=C/c2ncc(C(=O)O)s2)ccc1O. The van der Waals surface area contributed by atoms with Crippen LogP contribution < -0.4 is 4.74 Å². The second-order valence-corrected chi connectivity index (χ2v) is 4.92. The number of phenols is 1. The molecule has 1 aromatic carbocycles. The van der Waals surface area contributed by atoms with Gasteiger partial charge < -0.3 is 14.9 Å². The Kier molecular flexibility index (Phi) is 4.37. The summed E-state index contributed by atoms with van der Waals surface area (Å²) in [7, 11) is 0. The Morgan fingerprint density at radius 3 is 2.90 bits per heavy atom. The Balaban J connectivity index is 2.17. The lowest BCUT2D eigenvalue weighted by Gasteiger charge is -2.05. The van der Waals surface area contributed by atoms with E-state index in [1.165, 1.54) is 6.20 Å². The number of hydrogen-bond acceptors (Lipinski definition) is 5. The van der Waals surface area contributed by atoms with Gasteiger partial charge in [0.2, 0.25) is 0 Å². The van der Waals surface area contributed by atoms with E-state index in [2.05, 4.69) is 4.98 Å². The van der Waals surface area contributed by atoms with Gasteiger partial charge in [0.15, 0.2) is 11.5 Å². The van der Waals surface area contributed by atoms with Crippen LogP contribution in [0.15, 0.2) is 24.4 Å². The van der Waals surface area contributed by atoms with Gasteiger partial charge in [-0.3, -0.25) is 0 Å². The van der Waals surface area contributed by atoms with Crippen LogP contribution in [0.5, 0.6) is 11.5 Å². The molecule has 0 aliphatic heterocycles. The number of aromatic hydroxyl groups is 1. The van der Waals surface area contributed by atoms with E-state index in [0.717, 1.165) is 16.9 Å². The van der Waals surface area contributed by atoms with E-state index in [1.54, 1.807) is 30.4 Å². The van der Waals surface area contributed by atoms with Gasteiger partial charge in [0.1, 0.15) is 9.88 Å². The second kappa shape index (κ2) is 6.21. The van der Waals surface area contributed by atoms with Crippen LogP contribution in [0, 0.1) is 0 Å². The third-order valence-electron chi connectivity index (χ3n) is 2.44.